The Bertz CT molecular complexity index is 1480. The summed E-state index contributed by atoms with van der Waals surface area (Å²) in [5.74, 6) is 0.594. The first-order valence-electron chi connectivity index (χ1n) is 11.2. The zero-order valence-electron chi connectivity index (χ0n) is 18.3. The molecule has 0 saturated carbocycles. The Labute approximate surface area is 189 Å². The van der Waals surface area contributed by atoms with Gasteiger partial charge in [-0.15, -0.1) is 0 Å². The molecule has 0 unspecified atom stereocenters. The fourth-order valence-electron chi connectivity index (χ4n) is 4.82. The number of aryl methyl sites for hydroxylation is 2. The molecule has 0 radical (unpaired) electrons. The number of carbonyl (C=O) groups is 1. The monoisotopic (exact) mass is 437 g/mol. The molecule has 1 aliphatic carbocycles. The van der Waals surface area contributed by atoms with Crippen molar-refractivity contribution in [1.82, 2.24) is 35.5 Å². The normalized spacial score (nSPS) is 13.4. The van der Waals surface area contributed by atoms with Gasteiger partial charge < -0.3 is 10.3 Å². The van der Waals surface area contributed by atoms with Gasteiger partial charge in [-0.1, -0.05) is 12.1 Å². The third kappa shape index (κ3) is 3.34. The number of aromatic amines is 2. The SMILES string of the molecule is Cc1[nH]nc2ncc3nc(-c4ccc(C(=O)NCc5ncc[nH]5)cc4)c4c(c3c12)CCCC4. The summed E-state index contributed by atoms with van der Waals surface area (Å²) in [6.45, 7) is 2.40. The van der Waals surface area contributed by atoms with E-state index in [9.17, 15) is 4.79 Å². The smallest absolute Gasteiger partial charge is 0.251 e. The van der Waals surface area contributed by atoms with Crippen molar-refractivity contribution in [1.29, 1.82) is 0 Å². The summed E-state index contributed by atoms with van der Waals surface area (Å²) < 4.78 is 0. The third-order valence-electron chi connectivity index (χ3n) is 6.42. The van der Waals surface area contributed by atoms with Crippen LogP contribution in [0.15, 0.2) is 42.9 Å². The number of hydrogen-bond acceptors (Lipinski definition) is 5. The third-order valence-corrected chi connectivity index (χ3v) is 6.42. The van der Waals surface area contributed by atoms with E-state index in [0.29, 0.717) is 12.1 Å². The Morgan fingerprint density at radius 3 is 2.67 bits per heavy atom. The number of nitrogens with zero attached hydrogens (tertiary/aromatic N) is 4. The molecule has 0 bridgehead atoms. The molecule has 1 aliphatic rings. The van der Waals surface area contributed by atoms with Gasteiger partial charge in [0.25, 0.3) is 5.91 Å². The molecule has 8 nitrogen and oxygen atoms in total. The van der Waals surface area contributed by atoms with Crippen molar-refractivity contribution in [2.45, 2.75) is 39.2 Å². The maximum atomic E-state index is 12.5. The molecule has 4 heterocycles. The van der Waals surface area contributed by atoms with Crippen LogP contribution in [0, 0.1) is 6.92 Å². The van der Waals surface area contributed by atoms with Crippen LogP contribution in [0.1, 0.15) is 45.8 Å². The predicted molar refractivity (Wildman–Crippen MR) is 126 cm³/mol. The van der Waals surface area contributed by atoms with E-state index in [0.717, 1.165) is 58.6 Å². The van der Waals surface area contributed by atoms with Gasteiger partial charge >= 0.3 is 0 Å². The predicted octanol–water partition coefficient (Wildman–Crippen LogP) is 4.01. The number of carbonyl (C=O) groups excluding carboxylic acids is 1. The van der Waals surface area contributed by atoms with E-state index in [1.165, 1.54) is 22.9 Å². The molecule has 0 saturated heterocycles. The topological polar surface area (TPSA) is 112 Å². The minimum absolute atomic E-state index is 0.131. The summed E-state index contributed by atoms with van der Waals surface area (Å²) in [5.41, 5.74) is 7.93. The van der Waals surface area contributed by atoms with Gasteiger partial charge in [0, 0.05) is 34.6 Å². The zero-order chi connectivity index (χ0) is 22.4. The Balaban J connectivity index is 1.39. The van der Waals surface area contributed by atoms with Gasteiger partial charge in [0.2, 0.25) is 0 Å². The molecule has 1 amide bonds. The number of imidazole rings is 1. The highest BCUT2D eigenvalue weighted by Gasteiger charge is 2.22. The number of hydrogen-bond donors (Lipinski definition) is 3. The summed E-state index contributed by atoms with van der Waals surface area (Å²) in [7, 11) is 0. The van der Waals surface area contributed by atoms with Crippen LogP contribution >= 0.6 is 0 Å². The van der Waals surface area contributed by atoms with E-state index < -0.39 is 0 Å². The van der Waals surface area contributed by atoms with E-state index in [-0.39, 0.29) is 5.91 Å². The van der Waals surface area contributed by atoms with Gasteiger partial charge in [-0.05, 0) is 55.9 Å². The second kappa shape index (κ2) is 7.81. The Morgan fingerprint density at radius 2 is 1.88 bits per heavy atom. The second-order valence-corrected chi connectivity index (χ2v) is 8.49. The Kier molecular flexibility index (Phi) is 4.64. The molecule has 0 spiro atoms. The lowest BCUT2D eigenvalue weighted by Crippen LogP contribution is -2.23. The zero-order valence-corrected chi connectivity index (χ0v) is 18.3. The minimum Gasteiger partial charge on any atom is -0.347 e. The molecule has 5 aromatic rings. The maximum absolute atomic E-state index is 12.5. The fraction of sp³-hybridized carbons (Fsp3) is 0.240. The number of H-pyrrole nitrogens is 2. The van der Waals surface area contributed by atoms with Crippen LogP contribution in [0.4, 0.5) is 0 Å². The van der Waals surface area contributed by atoms with Crippen molar-refractivity contribution in [2.75, 3.05) is 0 Å². The minimum atomic E-state index is -0.131. The molecule has 1 aromatic carbocycles. The average molecular weight is 438 g/mol. The summed E-state index contributed by atoms with van der Waals surface area (Å²) in [5, 5.41) is 12.6. The maximum Gasteiger partial charge on any atom is 0.251 e. The molecule has 0 fully saturated rings. The summed E-state index contributed by atoms with van der Waals surface area (Å²) in [6, 6.07) is 7.69. The lowest BCUT2D eigenvalue weighted by atomic mass is 9.85. The van der Waals surface area contributed by atoms with E-state index in [4.69, 9.17) is 4.98 Å². The fourth-order valence-corrected chi connectivity index (χ4v) is 4.82. The van der Waals surface area contributed by atoms with Gasteiger partial charge in [-0.2, -0.15) is 5.10 Å². The van der Waals surface area contributed by atoms with Crippen molar-refractivity contribution < 1.29 is 4.79 Å². The highest BCUT2D eigenvalue weighted by molar-refractivity contribution is 6.07. The van der Waals surface area contributed by atoms with Crippen molar-refractivity contribution in [2.24, 2.45) is 0 Å². The molecule has 6 rings (SSSR count). The highest BCUT2D eigenvalue weighted by Crippen LogP contribution is 2.38. The average Bonchev–Trinajstić information content (AvgIpc) is 3.52. The summed E-state index contributed by atoms with van der Waals surface area (Å²) in [4.78, 5) is 29.2. The van der Waals surface area contributed by atoms with Crippen LogP contribution in [0.2, 0.25) is 0 Å². The van der Waals surface area contributed by atoms with E-state index in [1.807, 2.05) is 37.4 Å². The number of rotatable bonds is 4. The van der Waals surface area contributed by atoms with Crippen molar-refractivity contribution in [3.05, 3.63) is 71.1 Å². The molecular weight excluding hydrogens is 414 g/mol. The molecule has 8 heteroatoms. The first kappa shape index (κ1) is 19.6. The lowest BCUT2D eigenvalue weighted by Gasteiger charge is -2.21. The van der Waals surface area contributed by atoms with E-state index in [2.05, 4.69) is 30.5 Å². The van der Waals surface area contributed by atoms with Crippen LogP contribution in [0.25, 0.3) is 33.2 Å². The number of nitrogens with one attached hydrogen (secondary N) is 3. The van der Waals surface area contributed by atoms with Crippen LogP contribution in [0.5, 0.6) is 0 Å². The standard InChI is InChI=1S/C25H23N7O/c1-14-21-22-17-4-2-3-5-18(17)23(30-19(22)12-28-24(21)32-31-14)15-6-8-16(9-7-15)25(33)29-13-20-26-10-11-27-20/h6-12H,2-5,13H2,1H3,(H,26,27)(H,29,33)(H,28,31,32). The van der Waals surface area contributed by atoms with E-state index >= 15 is 0 Å². The Hall–Kier alpha value is -4.07. The van der Waals surface area contributed by atoms with Crippen LogP contribution in [0.3, 0.4) is 0 Å². The first-order valence-corrected chi connectivity index (χ1v) is 11.2. The quantitative estimate of drug-likeness (QED) is 0.393. The number of fused-ring (bicyclic) bond motifs is 5. The van der Waals surface area contributed by atoms with Gasteiger partial charge in [-0.25, -0.2) is 15.0 Å². The van der Waals surface area contributed by atoms with E-state index in [1.54, 1.807) is 12.4 Å². The number of aromatic nitrogens is 6. The van der Waals surface area contributed by atoms with Crippen LogP contribution in [-0.2, 0) is 19.4 Å². The van der Waals surface area contributed by atoms with Gasteiger partial charge in [0.15, 0.2) is 5.65 Å². The lowest BCUT2D eigenvalue weighted by molar-refractivity contribution is 0.0950. The highest BCUT2D eigenvalue weighted by atomic mass is 16.1. The van der Waals surface area contributed by atoms with Crippen LogP contribution in [-0.4, -0.2) is 36.0 Å². The number of amides is 1. The Morgan fingerprint density at radius 1 is 1.06 bits per heavy atom. The van der Waals surface area contributed by atoms with Crippen LogP contribution < -0.4 is 5.32 Å². The first-order chi connectivity index (χ1) is 16.2. The number of pyridine rings is 2. The number of benzene rings is 1. The molecule has 0 atom stereocenters. The molecule has 3 N–H and O–H groups in total. The van der Waals surface area contributed by atoms with Crippen molar-refractivity contribution in [3.63, 3.8) is 0 Å². The van der Waals surface area contributed by atoms with Crippen molar-refractivity contribution >= 4 is 27.8 Å². The summed E-state index contributed by atoms with van der Waals surface area (Å²) >= 11 is 0. The van der Waals surface area contributed by atoms with Gasteiger partial charge in [0.1, 0.15) is 5.82 Å². The second-order valence-electron chi connectivity index (χ2n) is 8.49. The summed E-state index contributed by atoms with van der Waals surface area (Å²) in [6.07, 6.45) is 9.58. The molecule has 164 valence electrons. The molecule has 33 heavy (non-hydrogen) atoms. The van der Waals surface area contributed by atoms with Crippen molar-refractivity contribution in [3.8, 4) is 11.3 Å². The molecular formula is C25H23N7O. The largest absolute Gasteiger partial charge is 0.347 e. The van der Waals surface area contributed by atoms with Gasteiger partial charge in [-0.3, -0.25) is 9.89 Å². The van der Waals surface area contributed by atoms with Gasteiger partial charge in [0.05, 0.1) is 29.3 Å². The molecule has 4 aromatic heterocycles. The molecule has 0 aliphatic heterocycles.